The molecule has 0 aliphatic carbocycles. The molecule has 1 heterocycles. The molecule has 4 nitrogen and oxygen atoms in total. The van der Waals surface area contributed by atoms with Gasteiger partial charge >= 0.3 is 0 Å². The minimum absolute atomic E-state index is 0.0968. The highest BCUT2D eigenvalue weighted by atomic mass is 35.5. The summed E-state index contributed by atoms with van der Waals surface area (Å²) in [6.07, 6.45) is 0.794. The monoisotopic (exact) mass is 328 g/mol. The molecule has 0 saturated carbocycles. The van der Waals surface area contributed by atoms with Crippen LogP contribution in [0.15, 0.2) is 27.4 Å². The number of aromatic nitrogens is 2. The molecule has 1 atom stereocenters. The third kappa shape index (κ3) is 3.85. The molecule has 20 heavy (non-hydrogen) atoms. The molecular formula is C13H17ClN4S2. The summed E-state index contributed by atoms with van der Waals surface area (Å²) < 4.78 is 0.882. The summed E-state index contributed by atoms with van der Waals surface area (Å²) in [4.78, 5) is 2.96. The third-order valence-corrected chi connectivity index (χ3v) is 5.31. The minimum Gasteiger partial charge on any atom is -0.353 e. The fourth-order valence-electron chi connectivity index (χ4n) is 1.69. The van der Waals surface area contributed by atoms with E-state index in [0.717, 1.165) is 31.4 Å². The molecule has 2 N–H and O–H groups in total. The lowest BCUT2D eigenvalue weighted by Crippen LogP contribution is -2.18. The van der Waals surface area contributed by atoms with E-state index in [-0.39, 0.29) is 6.04 Å². The van der Waals surface area contributed by atoms with Gasteiger partial charge in [-0.1, -0.05) is 46.8 Å². The minimum atomic E-state index is 0.0968. The topological polar surface area (TPSA) is 55.0 Å². The van der Waals surface area contributed by atoms with E-state index in [0.29, 0.717) is 0 Å². The van der Waals surface area contributed by atoms with E-state index in [1.165, 1.54) is 0 Å². The SMILES string of the molecule is CC(N)Cc1cccc(Cl)c1Sc1nnc(N(C)C)s1. The summed E-state index contributed by atoms with van der Waals surface area (Å²) in [5.74, 6) is 0. The molecular weight excluding hydrogens is 312 g/mol. The standard InChI is InChI=1S/C13H17ClN4S2/c1-8(15)7-9-5-4-6-10(14)11(9)19-13-17-16-12(20-13)18(2)3/h4-6,8H,7,15H2,1-3H3. The maximum absolute atomic E-state index is 6.32. The summed E-state index contributed by atoms with van der Waals surface area (Å²) >= 11 is 9.42. The number of hydrogen-bond donors (Lipinski definition) is 1. The zero-order valence-electron chi connectivity index (χ0n) is 11.6. The molecule has 0 radical (unpaired) electrons. The maximum Gasteiger partial charge on any atom is 0.208 e. The van der Waals surface area contributed by atoms with Crippen LogP contribution in [0.25, 0.3) is 0 Å². The Morgan fingerprint density at radius 3 is 2.75 bits per heavy atom. The molecule has 0 spiro atoms. The second-order valence-electron chi connectivity index (χ2n) is 4.76. The van der Waals surface area contributed by atoms with Crippen LogP contribution in [0.2, 0.25) is 5.02 Å². The van der Waals surface area contributed by atoms with Crippen molar-refractivity contribution >= 4 is 39.8 Å². The Morgan fingerprint density at radius 2 is 2.15 bits per heavy atom. The molecule has 7 heteroatoms. The Kier molecular flexibility index (Phi) is 5.26. The quantitative estimate of drug-likeness (QED) is 0.912. The van der Waals surface area contributed by atoms with Gasteiger partial charge in [0.25, 0.3) is 0 Å². The normalized spacial score (nSPS) is 12.4. The van der Waals surface area contributed by atoms with E-state index in [1.807, 2.05) is 38.1 Å². The summed E-state index contributed by atoms with van der Waals surface area (Å²) in [6.45, 7) is 1.99. The lowest BCUT2D eigenvalue weighted by Gasteiger charge is -2.11. The summed E-state index contributed by atoms with van der Waals surface area (Å²) in [5.41, 5.74) is 7.05. The van der Waals surface area contributed by atoms with Crippen LogP contribution in [-0.4, -0.2) is 30.3 Å². The Bertz CT molecular complexity index is 584. The summed E-state index contributed by atoms with van der Waals surface area (Å²) in [6, 6.07) is 6.00. The first-order chi connectivity index (χ1) is 9.47. The summed E-state index contributed by atoms with van der Waals surface area (Å²) in [7, 11) is 3.90. The third-order valence-electron chi connectivity index (χ3n) is 2.56. The molecule has 0 amide bonds. The lowest BCUT2D eigenvalue weighted by molar-refractivity contribution is 0.729. The number of nitrogens with zero attached hydrogens (tertiary/aromatic N) is 3. The number of halogens is 1. The largest absolute Gasteiger partial charge is 0.353 e. The molecule has 1 aromatic carbocycles. The first kappa shape index (κ1) is 15.6. The van der Waals surface area contributed by atoms with Gasteiger partial charge in [0.05, 0.1) is 5.02 Å². The van der Waals surface area contributed by atoms with Gasteiger partial charge in [-0.05, 0) is 25.0 Å². The van der Waals surface area contributed by atoms with Crippen LogP contribution in [0.1, 0.15) is 12.5 Å². The van der Waals surface area contributed by atoms with Crippen molar-refractivity contribution in [3.63, 3.8) is 0 Å². The zero-order chi connectivity index (χ0) is 14.7. The van der Waals surface area contributed by atoms with Crippen molar-refractivity contribution in [1.82, 2.24) is 10.2 Å². The highest BCUT2D eigenvalue weighted by molar-refractivity contribution is 8.01. The van der Waals surface area contributed by atoms with Crippen LogP contribution in [0.3, 0.4) is 0 Å². The van der Waals surface area contributed by atoms with Crippen LogP contribution < -0.4 is 10.6 Å². The van der Waals surface area contributed by atoms with Gasteiger partial charge < -0.3 is 10.6 Å². The molecule has 0 aliphatic heterocycles. The second-order valence-corrected chi connectivity index (χ2v) is 7.38. The van der Waals surface area contributed by atoms with Crippen LogP contribution in [0.4, 0.5) is 5.13 Å². The van der Waals surface area contributed by atoms with E-state index in [4.69, 9.17) is 17.3 Å². The zero-order valence-corrected chi connectivity index (χ0v) is 14.0. The molecule has 1 aromatic heterocycles. The van der Waals surface area contributed by atoms with E-state index in [1.54, 1.807) is 23.1 Å². The van der Waals surface area contributed by atoms with Crippen LogP contribution in [-0.2, 0) is 6.42 Å². The smallest absolute Gasteiger partial charge is 0.208 e. The highest BCUT2D eigenvalue weighted by Gasteiger charge is 2.14. The highest BCUT2D eigenvalue weighted by Crippen LogP contribution is 2.38. The van der Waals surface area contributed by atoms with Crippen molar-refractivity contribution in [2.45, 2.75) is 28.6 Å². The Hall–Kier alpha value is -0.820. The Morgan fingerprint density at radius 1 is 1.40 bits per heavy atom. The fourth-order valence-corrected chi connectivity index (χ4v) is 3.84. The molecule has 2 rings (SSSR count). The number of hydrogen-bond acceptors (Lipinski definition) is 6. The molecule has 108 valence electrons. The number of benzene rings is 1. The molecule has 1 unspecified atom stereocenters. The van der Waals surface area contributed by atoms with Gasteiger partial charge in [-0.25, -0.2) is 0 Å². The van der Waals surface area contributed by atoms with E-state index in [9.17, 15) is 0 Å². The average Bonchev–Trinajstić information content (AvgIpc) is 2.81. The average molecular weight is 329 g/mol. The van der Waals surface area contributed by atoms with Gasteiger partial charge in [0.2, 0.25) is 5.13 Å². The predicted octanol–water partition coefficient (Wildman–Crippen LogP) is 3.30. The number of rotatable bonds is 5. The Balaban J connectivity index is 2.27. The lowest BCUT2D eigenvalue weighted by atomic mass is 10.1. The van der Waals surface area contributed by atoms with E-state index in [2.05, 4.69) is 16.3 Å². The summed E-state index contributed by atoms with van der Waals surface area (Å²) in [5, 5.41) is 9.95. The molecule has 0 aliphatic rings. The molecule has 0 saturated heterocycles. The maximum atomic E-state index is 6.32. The van der Waals surface area contributed by atoms with Crippen molar-refractivity contribution in [1.29, 1.82) is 0 Å². The van der Waals surface area contributed by atoms with Gasteiger partial charge in [0.15, 0.2) is 4.34 Å². The van der Waals surface area contributed by atoms with Gasteiger partial charge in [-0.2, -0.15) is 0 Å². The van der Waals surface area contributed by atoms with Gasteiger partial charge in [-0.3, -0.25) is 0 Å². The molecule has 0 fully saturated rings. The van der Waals surface area contributed by atoms with Crippen LogP contribution in [0.5, 0.6) is 0 Å². The van der Waals surface area contributed by atoms with E-state index >= 15 is 0 Å². The number of nitrogens with two attached hydrogens (primary N) is 1. The Labute approximate surface area is 132 Å². The van der Waals surface area contributed by atoms with Crippen LogP contribution in [0, 0.1) is 0 Å². The second kappa shape index (κ2) is 6.76. The molecule has 0 bridgehead atoms. The van der Waals surface area contributed by atoms with Crippen molar-refractivity contribution in [3.05, 3.63) is 28.8 Å². The van der Waals surface area contributed by atoms with E-state index < -0.39 is 0 Å². The van der Waals surface area contributed by atoms with Crippen LogP contribution >= 0.6 is 34.7 Å². The van der Waals surface area contributed by atoms with Crippen molar-refractivity contribution in [2.24, 2.45) is 5.73 Å². The fraction of sp³-hybridized carbons (Fsp3) is 0.385. The van der Waals surface area contributed by atoms with Gasteiger partial charge in [0.1, 0.15) is 0 Å². The van der Waals surface area contributed by atoms with Gasteiger partial charge in [-0.15, -0.1) is 10.2 Å². The predicted molar refractivity (Wildman–Crippen MR) is 87.2 cm³/mol. The number of anilines is 1. The molecule has 2 aromatic rings. The first-order valence-electron chi connectivity index (χ1n) is 6.19. The first-order valence-corrected chi connectivity index (χ1v) is 8.20. The van der Waals surface area contributed by atoms with Crippen molar-refractivity contribution < 1.29 is 0 Å². The van der Waals surface area contributed by atoms with Crippen molar-refractivity contribution in [3.8, 4) is 0 Å². The van der Waals surface area contributed by atoms with Crippen molar-refractivity contribution in [2.75, 3.05) is 19.0 Å². The van der Waals surface area contributed by atoms with Gasteiger partial charge in [0, 0.05) is 25.0 Å².